The monoisotopic (exact) mass is 424 g/mol. The first-order valence-electron chi connectivity index (χ1n) is 9.43. The number of ether oxygens (including phenoxy) is 1. The third-order valence-corrected chi connectivity index (χ3v) is 6.04. The van der Waals surface area contributed by atoms with E-state index in [1.807, 2.05) is 35.7 Å². The van der Waals surface area contributed by atoms with Gasteiger partial charge in [-0.1, -0.05) is 30.3 Å². The van der Waals surface area contributed by atoms with Crippen molar-refractivity contribution in [2.24, 2.45) is 0 Å². The maximum atomic E-state index is 12.6. The molecule has 9 heteroatoms. The summed E-state index contributed by atoms with van der Waals surface area (Å²) in [6, 6.07) is 8.88. The predicted molar refractivity (Wildman–Crippen MR) is 109 cm³/mol. The van der Waals surface area contributed by atoms with Crippen LogP contribution in [-0.2, 0) is 20.9 Å². The number of hydrogen-bond donors (Lipinski definition) is 2. The van der Waals surface area contributed by atoms with Gasteiger partial charge in [-0.05, 0) is 12.0 Å². The van der Waals surface area contributed by atoms with Crippen LogP contribution in [0.15, 0.2) is 60.5 Å². The van der Waals surface area contributed by atoms with Crippen molar-refractivity contribution in [2.45, 2.75) is 36.9 Å². The normalized spacial score (nSPS) is 23.2. The van der Waals surface area contributed by atoms with E-state index in [9.17, 15) is 14.7 Å². The molecule has 1 aliphatic heterocycles. The molecule has 30 heavy (non-hydrogen) atoms. The summed E-state index contributed by atoms with van der Waals surface area (Å²) < 4.78 is 5.35. The Bertz CT molecular complexity index is 1000. The number of aromatic nitrogens is 3. The molecule has 3 atom stereocenters. The highest BCUT2D eigenvalue weighted by atomic mass is 32.1. The molecular formula is C21H20N4O4S. The van der Waals surface area contributed by atoms with E-state index in [2.05, 4.69) is 20.3 Å². The summed E-state index contributed by atoms with van der Waals surface area (Å²) in [4.78, 5) is 37.7. The van der Waals surface area contributed by atoms with E-state index in [-0.39, 0.29) is 31.4 Å². The van der Waals surface area contributed by atoms with Crippen molar-refractivity contribution in [2.75, 3.05) is 0 Å². The Balaban J connectivity index is 1.56. The molecule has 0 aliphatic carbocycles. The zero-order chi connectivity index (χ0) is 21.0. The molecule has 1 fully saturated rings. The molecule has 1 aromatic carbocycles. The van der Waals surface area contributed by atoms with E-state index >= 15 is 0 Å². The lowest BCUT2D eigenvalue weighted by Gasteiger charge is -2.24. The minimum atomic E-state index is -1.48. The second-order valence-electron chi connectivity index (χ2n) is 7.14. The van der Waals surface area contributed by atoms with Crippen molar-refractivity contribution in [3.63, 3.8) is 0 Å². The lowest BCUT2D eigenvalue weighted by molar-refractivity contribution is -0.154. The largest absolute Gasteiger partial charge is 0.480 e. The molecule has 0 saturated carbocycles. The molecule has 3 heterocycles. The van der Waals surface area contributed by atoms with Crippen LogP contribution in [0.1, 0.15) is 41.1 Å². The van der Waals surface area contributed by atoms with E-state index in [1.165, 1.54) is 11.3 Å². The number of carbonyl (C=O) groups excluding carboxylic acids is 1. The number of esters is 1. The minimum absolute atomic E-state index is 0.0961. The molecule has 0 bridgehead atoms. The van der Waals surface area contributed by atoms with Crippen molar-refractivity contribution in [1.29, 1.82) is 0 Å². The Kier molecular flexibility index (Phi) is 5.82. The van der Waals surface area contributed by atoms with E-state index in [1.54, 1.807) is 24.8 Å². The summed E-state index contributed by atoms with van der Waals surface area (Å²) in [6.45, 7) is 0.0961. The molecule has 0 amide bonds. The smallest absolute Gasteiger partial charge is 0.324 e. The Labute approximate surface area is 177 Å². The van der Waals surface area contributed by atoms with Gasteiger partial charge in [0.15, 0.2) is 0 Å². The average Bonchev–Trinajstić information content (AvgIpc) is 3.42. The molecular weight excluding hydrogens is 404 g/mol. The second-order valence-corrected chi connectivity index (χ2v) is 8.07. The lowest BCUT2D eigenvalue weighted by Crippen LogP contribution is -2.49. The van der Waals surface area contributed by atoms with Gasteiger partial charge in [-0.25, -0.2) is 4.98 Å². The summed E-state index contributed by atoms with van der Waals surface area (Å²) in [5.41, 5.74) is 0.0189. The maximum Gasteiger partial charge on any atom is 0.324 e. The van der Waals surface area contributed by atoms with Crippen LogP contribution in [0.4, 0.5) is 0 Å². The van der Waals surface area contributed by atoms with E-state index < -0.39 is 17.5 Å². The highest BCUT2D eigenvalue weighted by Gasteiger charge is 2.53. The van der Waals surface area contributed by atoms with Crippen LogP contribution in [-0.4, -0.2) is 37.5 Å². The topological polar surface area (TPSA) is 114 Å². The van der Waals surface area contributed by atoms with Crippen molar-refractivity contribution in [1.82, 2.24) is 20.3 Å². The highest BCUT2D eigenvalue weighted by Crippen LogP contribution is 2.45. The third-order valence-electron chi connectivity index (χ3n) is 5.18. The van der Waals surface area contributed by atoms with Crippen molar-refractivity contribution < 1.29 is 19.4 Å². The Morgan fingerprint density at radius 3 is 2.70 bits per heavy atom. The van der Waals surface area contributed by atoms with Crippen molar-refractivity contribution >= 4 is 23.3 Å². The predicted octanol–water partition coefficient (Wildman–Crippen LogP) is 2.71. The zero-order valence-electron chi connectivity index (χ0n) is 16.0. The molecule has 0 radical (unpaired) electrons. The number of thiazole rings is 1. The molecule has 2 N–H and O–H groups in total. The van der Waals surface area contributed by atoms with Gasteiger partial charge in [0, 0.05) is 36.1 Å². The first-order valence-corrected chi connectivity index (χ1v) is 10.3. The minimum Gasteiger partial charge on any atom is -0.480 e. The van der Waals surface area contributed by atoms with E-state index in [4.69, 9.17) is 4.74 Å². The van der Waals surface area contributed by atoms with E-state index in [0.717, 1.165) is 10.6 Å². The second kappa shape index (κ2) is 8.68. The number of rotatable bonds is 7. The van der Waals surface area contributed by atoms with Crippen molar-refractivity contribution in [3.8, 4) is 0 Å². The number of hydrogen-bond acceptors (Lipinski definition) is 8. The van der Waals surface area contributed by atoms with Gasteiger partial charge in [-0.3, -0.25) is 24.9 Å². The van der Waals surface area contributed by atoms with Crippen LogP contribution in [0.3, 0.4) is 0 Å². The van der Waals surface area contributed by atoms with Gasteiger partial charge < -0.3 is 9.84 Å². The molecule has 4 rings (SSSR count). The fourth-order valence-electron chi connectivity index (χ4n) is 3.73. The first kappa shape index (κ1) is 20.1. The average molecular weight is 424 g/mol. The number of nitrogens with one attached hydrogen (secondary N) is 1. The third kappa shape index (κ3) is 4.22. The molecule has 2 aromatic heterocycles. The van der Waals surface area contributed by atoms with E-state index in [0.29, 0.717) is 5.69 Å². The number of aliphatic carboxylic acids is 1. The van der Waals surface area contributed by atoms with Crippen LogP contribution in [0.25, 0.3) is 0 Å². The SMILES string of the molecule is O=C(C[C@]1(C(=O)O)C[C@H](c2cnccn2)[C@H](c2nccs2)N1)OCc1ccccc1. The fraction of sp³-hybridized carbons (Fsp3) is 0.286. The molecule has 0 unspecified atom stereocenters. The van der Waals surface area contributed by atoms with Crippen LogP contribution in [0.5, 0.6) is 0 Å². The zero-order valence-corrected chi connectivity index (χ0v) is 16.8. The first-order chi connectivity index (χ1) is 14.6. The number of benzene rings is 1. The summed E-state index contributed by atoms with van der Waals surface area (Å²) in [7, 11) is 0. The summed E-state index contributed by atoms with van der Waals surface area (Å²) >= 11 is 1.43. The Morgan fingerprint density at radius 2 is 2.03 bits per heavy atom. The van der Waals surface area contributed by atoms with Gasteiger partial charge >= 0.3 is 11.9 Å². The Morgan fingerprint density at radius 1 is 1.20 bits per heavy atom. The number of nitrogens with zero attached hydrogens (tertiary/aromatic N) is 3. The van der Waals surface area contributed by atoms with Crippen molar-refractivity contribution in [3.05, 3.63) is 76.8 Å². The van der Waals surface area contributed by atoms with Gasteiger partial charge in [0.25, 0.3) is 0 Å². The van der Waals surface area contributed by atoms with Gasteiger partial charge in [0.05, 0.1) is 18.2 Å². The lowest BCUT2D eigenvalue weighted by atomic mass is 9.87. The highest BCUT2D eigenvalue weighted by molar-refractivity contribution is 7.09. The van der Waals surface area contributed by atoms with Crippen LogP contribution in [0.2, 0.25) is 0 Å². The van der Waals surface area contributed by atoms with Crippen LogP contribution in [0, 0.1) is 0 Å². The Hall–Kier alpha value is -3.17. The van der Waals surface area contributed by atoms with Gasteiger partial charge in [0.2, 0.25) is 0 Å². The summed E-state index contributed by atoms with van der Waals surface area (Å²) in [5, 5.41) is 15.8. The molecule has 8 nitrogen and oxygen atoms in total. The van der Waals surface area contributed by atoms with Crippen LogP contribution < -0.4 is 5.32 Å². The number of carboxylic acid groups (broad SMARTS) is 1. The molecule has 1 aliphatic rings. The molecule has 154 valence electrons. The number of carboxylic acids is 1. The fourth-order valence-corrected chi connectivity index (χ4v) is 4.49. The summed E-state index contributed by atoms with van der Waals surface area (Å²) in [6.07, 6.45) is 6.31. The van der Waals surface area contributed by atoms with Gasteiger partial charge in [-0.2, -0.15) is 0 Å². The molecule has 1 saturated heterocycles. The van der Waals surface area contributed by atoms with Gasteiger partial charge in [-0.15, -0.1) is 11.3 Å². The standard InChI is InChI=1S/C21H20N4O4S/c26-17(29-13-14-4-2-1-3-5-14)11-21(20(27)28)10-15(16-12-22-6-7-23-16)18(25-21)19-24-8-9-30-19/h1-9,12,15,18,25H,10-11,13H2,(H,27,28)/t15-,18-,21+/m1/s1. The molecule has 0 spiro atoms. The number of carbonyl (C=O) groups is 2. The van der Waals surface area contributed by atoms with Crippen LogP contribution >= 0.6 is 11.3 Å². The quantitative estimate of drug-likeness (QED) is 0.557. The maximum absolute atomic E-state index is 12.6. The van der Waals surface area contributed by atoms with Gasteiger partial charge in [0.1, 0.15) is 17.2 Å². The molecule has 3 aromatic rings. The summed E-state index contributed by atoms with van der Waals surface area (Å²) in [5.74, 6) is -1.97.